The van der Waals surface area contributed by atoms with Crippen molar-refractivity contribution in [3.63, 3.8) is 0 Å². The Hall–Kier alpha value is -3.56. The fourth-order valence-electron chi connectivity index (χ4n) is 7.32. The lowest BCUT2D eigenvalue weighted by molar-refractivity contribution is -0.149. The van der Waals surface area contributed by atoms with Crippen LogP contribution in [0.3, 0.4) is 0 Å². The van der Waals surface area contributed by atoms with E-state index in [9.17, 15) is 23.2 Å². The summed E-state index contributed by atoms with van der Waals surface area (Å²) < 4.78 is 46.9. The van der Waals surface area contributed by atoms with Crippen LogP contribution < -0.4 is 4.90 Å². The topological polar surface area (TPSA) is 80.4 Å². The van der Waals surface area contributed by atoms with Crippen molar-refractivity contribution in [2.45, 2.75) is 56.7 Å². The van der Waals surface area contributed by atoms with Crippen LogP contribution in [0.2, 0.25) is 0 Å². The summed E-state index contributed by atoms with van der Waals surface area (Å²) in [5.41, 5.74) is 0.203. The summed E-state index contributed by atoms with van der Waals surface area (Å²) in [6.07, 6.45) is -1.60. The number of benzene rings is 2. The van der Waals surface area contributed by atoms with E-state index in [4.69, 9.17) is 10.00 Å². The molecule has 0 amide bonds. The number of alkyl halides is 3. The second-order valence-electron chi connectivity index (χ2n) is 11.7. The Kier molecular flexibility index (Phi) is 8.29. The van der Waals surface area contributed by atoms with Crippen molar-refractivity contribution in [1.82, 2.24) is 4.90 Å². The van der Waals surface area contributed by atoms with Gasteiger partial charge in [0.25, 0.3) is 0 Å². The van der Waals surface area contributed by atoms with E-state index in [-0.39, 0.29) is 11.8 Å². The van der Waals surface area contributed by atoms with Gasteiger partial charge in [-0.25, -0.2) is 0 Å². The molecule has 0 N–H and O–H groups in total. The first-order chi connectivity index (χ1) is 19.6. The molecule has 6 nitrogen and oxygen atoms in total. The van der Waals surface area contributed by atoms with Gasteiger partial charge in [-0.1, -0.05) is 18.2 Å². The van der Waals surface area contributed by atoms with Crippen molar-refractivity contribution in [3.8, 4) is 12.1 Å². The SMILES string of the molecule is CC(=O)OC1CCCC1C(C#N)(c1cccc(C(F)(F)F)c1)C1CCN(CC2CN(c3ccc(C#N)cc3)C2)CC1. The molecule has 1 saturated carbocycles. The monoisotopic (exact) mass is 564 g/mol. The van der Waals surface area contributed by atoms with Gasteiger partial charge < -0.3 is 14.5 Å². The number of nitrogens with zero attached hydrogens (tertiary/aromatic N) is 4. The molecule has 9 heteroatoms. The van der Waals surface area contributed by atoms with Crippen LogP contribution in [-0.2, 0) is 21.1 Å². The molecule has 3 aliphatic rings. The third-order valence-corrected chi connectivity index (χ3v) is 9.27. The number of carbonyl (C=O) groups is 1. The van der Waals surface area contributed by atoms with E-state index >= 15 is 0 Å². The Morgan fingerprint density at radius 3 is 2.29 bits per heavy atom. The van der Waals surface area contributed by atoms with E-state index in [0.717, 1.165) is 57.0 Å². The van der Waals surface area contributed by atoms with Crippen LogP contribution in [0.5, 0.6) is 0 Å². The summed E-state index contributed by atoms with van der Waals surface area (Å²) in [6.45, 7) is 5.68. The van der Waals surface area contributed by atoms with Crippen LogP contribution in [-0.4, -0.2) is 49.7 Å². The molecule has 2 aromatic rings. The normalized spacial score (nSPS) is 23.7. The molecule has 2 saturated heterocycles. The van der Waals surface area contributed by atoms with Crippen LogP contribution >= 0.6 is 0 Å². The summed E-state index contributed by atoms with van der Waals surface area (Å²) in [5.74, 6) is -0.424. The summed E-state index contributed by atoms with van der Waals surface area (Å²) >= 11 is 0. The first kappa shape index (κ1) is 29.0. The number of likely N-dealkylation sites (tertiary alicyclic amines) is 1. The molecule has 0 bridgehead atoms. The maximum Gasteiger partial charge on any atom is 0.416 e. The quantitative estimate of drug-likeness (QED) is 0.389. The van der Waals surface area contributed by atoms with E-state index in [1.54, 1.807) is 6.07 Å². The van der Waals surface area contributed by atoms with Gasteiger partial charge in [-0.15, -0.1) is 0 Å². The second kappa shape index (κ2) is 11.7. The highest BCUT2D eigenvalue weighted by molar-refractivity contribution is 5.66. The third kappa shape index (κ3) is 5.92. The van der Waals surface area contributed by atoms with Crippen molar-refractivity contribution in [1.29, 1.82) is 10.5 Å². The molecule has 5 rings (SSSR count). The Balaban J connectivity index is 1.30. The van der Waals surface area contributed by atoms with Crippen LogP contribution in [0.15, 0.2) is 48.5 Å². The maximum absolute atomic E-state index is 13.7. The van der Waals surface area contributed by atoms with Gasteiger partial charge in [0.05, 0.1) is 28.7 Å². The maximum atomic E-state index is 13.7. The van der Waals surface area contributed by atoms with Crippen LogP contribution in [0.1, 0.15) is 55.7 Å². The standard InChI is InChI=1S/C32H35F3N4O2/c1-22(40)41-30-7-3-6-29(30)31(21-37,26-4-2-5-27(16-26)32(33,34)35)25-12-14-38(15-13-25)18-24-19-39(20-24)28-10-8-23(17-36)9-11-28/h2,4-5,8-11,16,24-25,29-30H,3,6-7,12-15,18-20H2,1H3. The largest absolute Gasteiger partial charge is 0.462 e. The van der Waals surface area contributed by atoms with Gasteiger partial charge in [0, 0.05) is 44.1 Å². The van der Waals surface area contributed by atoms with Gasteiger partial charge in [-0.3, -0.25) is 4.79 Å². The highest BCUT2D eigenvalue weighted by Gasteiger charge is 2.53. The van der Waals surface area contributed by atoms with Gasteiger partial charge in [0.1, 0.15) is 6.10 Å². The number of hydrogen-bond acceptors (Lipinski definition) is 6. The molecule has 2 aliphatic heterocycles. The molecule has 2 aromatic carbocycles. The minimum absolute atomic E-state index is 0.148. The number of piperidine rings is 1. The van der Waals surface area contributed by atoms with Crippen molar-refractivity contribution >= 4 is 11.7 Å². The van der Waals surface area contributed by atoms with Crippen molar-refractivity contribution in [2.24, 2.45) is 17.8 Å². The fourth-order valence-corrected chi connectivity index (χ4v) is 7.32. The van der Waals surface area contributed by atoms with E-state index in [1.165, 1.54) is 13.0 Å². The van der Waals surface area contributed by atoms with Gasteiger partial charge in [-0.05, 0) is 87.0 Å². The molecule has 3 atom stereocenters. The smallest absolute Gasteiger partial charge is 0.416 e. The highest BCUT2D eigenvalue weighted by atomic mass is 19.4. The van der Waals surface area contributed by atoms with Gasteiger partial charge in [0.15, 0.2) is 0 Å². The summed E-state index contributed by atoms with van der Waals surface area (Å²) in [7, 11) is 0. The Morgan fingerprint density at radius 1 is 1.00 bits per heavy atom. The van der Waals surface area contributed by atoms with E-state index in [1.807, 2.05) is 24.3 Å². The predicted molar refractivity (Wildman–Crippen MR) is 148 cm³/mol. The number of rotatable bonds is 7. The summed E-state index contributed by atoms with van der Waals surface area (Å²) in [6, 6.07) is 17.5. The molecule has 0 radical (unpaired) electrons. The predicted octanol–water partition coefficient (Wildman–Crippen LogP) is 5.92. The zero-order valence-corrected chi connectivity index (χ0v) is 23.2. The van der Waals surface area contributed by atoms with E-state index in [0.29, 0.717) is 42.7 Å². The minimum atomic E-state index is -4.51. The molecule has 3 unspecified atom stereocenters. The van der Waals surface area contributed by atoms with Gasteiger partial charge in [-0.2, -0.15) is 23.7 Å². The number of ether oxygens (including phenoxy) is 1. The Bertz CT molecular complexity index is 1320. The average molecular weight is 565 g/mol. The number of esters is 1. The number of carbonyl (C=O) groups excluding carboxylic acids is 1. The molecular formula is C32H35F3N4O2. The van der Waals surface area contributed by atoms with Crippen molar-refractivity contribution < 1.29 is 22.7 Å². The molecular weight excluding hydrogens is 529 g/mol. The molecule has 0 spiro atoms. The van der Waals surface area contributed by atoms with E-state index < -0.39 is 29.2 Å². The summed E-state index contributed by atoms with van der Waals surface area (Å²) in [4.78, 5) is 16.6. The van der Waals surface area contributed by atoms with Crippen LogP contribution in [0.25, 0.3) is 0 Å². The number of halogens is 3. The van der Waals surface area contributed by atoms with Gasteiger partial charge >= 0.3 is 12.1 Å². The highest BCUT2D eigenvalue weighted by Crippen LogP contribution is 2.51. The lowest BCUT2D eigenvalue weighted by atomic mass is 9.59. The molecule has 0 aromatic heterocycles. The number of hydrogen-bond donors (Lipinski definition) is 0. The lowest BCUT2D eigenvalue weighted by Crippen LogP contribution is -2.54. The van der Waals surface area contributed by atoms with Crippen molar-refractivity contribution in [2.75, 3.05) is 37.6 Å². The Morgan fingerprint density at radius 2 is 1.68 bits per heavy atom. The summed E-state index contributed by atoms with van der Waals surface area (Å²) in [5, 5.41) is 19.8. The molecule has 41 heavy (non-hydrogen) atoms. The Labute approximate surface area is 239 Å². The molecule has 216 valence electrons. The number of anilines is 1. The first-order valence-electron chi connectivity index (χ1n) is 14.4. The van der Waals surface area contributed by atoms with Crippen LogP contribution in [0, 0.1) is 40.4 Å². The fraction of sp³-hybridized carbons (Fsp3) is 0.531. The van der Waals surface area contributed by atoms with E-state index in [2.05, 4.69) is 21.9 Å². The second-order valence-corrected chi connectivity index (χ2v) is 11.7. The molecule has 1 aliphatic carbocycles. The lowest BCUT2D eigenvalue weighted by Gasteiger charge is -2.48. The molecule has 3 fully saturated rings. The van der Waals surface area contributed by atoms with Crippen LogP contribution in [0.4, 0.5) is 18.9 Å². The van der Waals surface area contributed by atoms with Gasteiger partial charge in [0.2, 0.25) is 0 Å². The average Bonchev–Trinajstić information content (AvgIpc) is 3.39. The zero-order valence-electron chi connectivity index (χ0n) is 23.2. The third-order valence-electron chi connectivity index (χ3n) is 9.27. The van der Waals surface area contributed by atoms with Crippen molar-refractivity contribution in [3.05, 3.63) is 65.2 Å². The molecule has 2 heterocycles. The first-order valence-corrected chi connectivity index (χ1v) is 14.4. The minimum Gasteiger partial charge on any atom is -0.462 e. The number of nitriles is 2. The zero-order chi connectivity index (χ0) is 29.2.